The highest BCUT2D eigenvalue weighted by atomic mass is 32.2. The van der Waals surface area contributed by atoms with Crippen LogP contribution in [0.25, 0.3) is 0 Å². The van der Waals surface area contributed by atoms with Crippen molar-refractivity contribution in [3.8, 4) is 0 Å². The van der Waals surface area contributed by atoms with Gasteiger partial charge in [0.25, 0.3) is 0 Å². The maximum atomic E-state index is 11.4. The van der Waals surface area contributed by atoms with Gasteiger partial charge >= 0.3 is 5.97 Å². The molecule has 0 saturated heterocycles. The van der Waals surface area contributed by atoms with E-state index in [4.69, 9.17) is 4.18 Å². The molecule has 0 saturated carbocycles. The molecular weight excluding hydrogens is 208 g/mol. The van der Waals surface area contributed by atoms with Crippen molar-refractivity contribution in [2.75, 3.05) is 5.75 Å². The molecule has 0 aromatic heterocycles. The van der Waals surface area contributed by atoms with Crippen molar-refractivity contribution in [1.29, 1.82) is 0 Å². The molecule has 0 N–H and O–H groups in total. The molecule has 0 fully saturated rings. The Morgan fingerprint density at radius 2 is 2.07 bits per heavy atom. The summed E-state index contributed by atoms with van der Waals surface area (Å²) in [5, 5.41) is 0. The molecule has 3 heteroatoms. The molecule has 0 bridgehead atoms. The van der Waals surface area contributed by atoms with E-state index in [0.717, 1.165) is 23.4 Å². The first-order valence-corrected chi connectivity index (χ1v) is 5.70. The van der Waals surface area contributed by atoms with Gasteiger partial charge in [-0.05, 0) is 5.56 Å². The van der Waals surface area contributed by atoms with Gasteiger partial charge < -0.3 is 4.18 Å². The average Bonchev–Trinajstić information content (AvgIpc) is 2.27. The zero-order valence-electron chi connectivity index (χ0n) is 8.73. The highest BCUT2D eigenvalue weighted by molar-refractivity contribution is 7.95. The van der Waals surface area contributed by atoms with Gasteiger partial charge in [-0.15, -0.1) is 0 Å². The first-order chi connectivity index (χ1) is 7.24. The molecule has 0 unspecified atom stereocenters. The van der Waals surface area contributed by atoms with Crippen LogP contribution >= 0.6 is 12.0 Å². The Morgan fingerprint density at radius 3 is 2.67 bits per heavy atom. The summed E-state index contributed by atoms with van der Waals surface area (Å²) in [5.41, 5.74) is 1.56. The molecule has 1 rings (SSSR count). The van der Waals surface area contributed by atoms with Crippen LogP contribution in [0.15, 0.2) is 42.5 Å². The smallest absolute Gasteiger partial charge is 0.345 e. The van der Waals surface area contributed by atoms with Crippen molar-refractivity contribution in [1.82, 2.24) is 0 Å². The lowest BCUT2D eigenvalue weighted by Gasteiger charge is -2.04. The van der Waals surface area contributed by atoms with Crippen molar-refractivity contribution in [3.63, 3.8) is 0 Å². The monoisotopic (exact) mass is 222 g/mol. The van der Waals surface area contributed by atoms with Crippen LogP contribution in [0.5, 0.6) is 0 Å². The second-order valence-electron chi connectivity index (χ2n) is 3.04. The van der Waals surface area contributed by atoms with Crippen LogP contribution in [0.3, 0.4) is 0 Å². The highest BCUT2D eigenvalue weighted by Crippen LogP contribution is 2.11. The molecule has 0 amide bonds. The second kappa shape index (κ2) is 6.30. The molecule has 15 heavy (non-hydrogen) atoms. The molecule has 0 atom stereocenters. The minimum absolute atomic E-state index is 0.328. The third-order valence-electron chi connectivity index (χ3n) is 1.80. The maximum Gasteiger partial charge on any atom is 0.345 e. The summed E-state index contributed by atoms with van der Waals surface area (Å²) in [7, 11) is 0. The molecule has 1 aromatic carbocycles. The summed E-state index contributed by atoms with van der Waals surface area (Å²) in [4.78, 5) is 11.4. The molecule has 0 aliphatic rings. The van der Waals surface area contributed by atoms with Gasteiger partial charge in [-0.2, -0.15) is 0 Å². The lowest BCUT2D eigenvalue weighted by atomic mass is 10.1. The van der Waals surface area contributed by atoms with E-state index in [-0.39, 0.29) is 5.97 Å². The van der Waals surface area contributed by atoms with E-state index in [2.05, 4.69) is 6.58 Å². The van der Waals surface area contributed by atoms with Crippen LogP contribution in [-0.4, -0.2) is 11.7 Å². The SMILES string of the molecule is C=C(Cc1ccccc1)C(=O)OSCC. The first kappa shape index (κ1) is 11.9. The predicted molar refractivity (Wildman–Crippen MR) is 63.5 cm³/mol. The summed E-state index contributed by atoms with van der Waals surface area (Å²) in [6.07, 6.45) is 0.546. The molecular formula is C12H14O2S. The fourth-order valence-corrected chi connectivity index (χ4v) is 1.43. The molecule has 2 nitrogen and oxygen atoms in total. The Balaban J connectivity index is 2.45. The number of carbonyl (C=O) groups excluding carboxylic acids is 1. The average molecular weight is 222 g/mol. The van der Waals surface area contributed by atoms with Crippen molar-refractivity contribution in [2.45, 2.75) is 13.3 Å². The topological polar surface area (TPSA) is 26.3 Å². The van der Waals surface area contributed by atoms with Crippen molar-refractivity contribution < 1.29 is 8.98 Å². The van der Waals surface area contributed by atoms with E-state index >= 15 is 0 Å². The summed E-state index contributed by atoms with van der Waals surface area (Å²) in [6, 6.07) is 9.75. The Hall–Kier alpha value is -1.22. The van der Waals surface area contributed by atoms with Gasteiger partial charge in [0.1, 0.15) is 0 Å². The molecule has 0 aliphatic heterocycles. The van der Waals surface area contributed by atoms with Gasteiger partial charge in [0.2, 0.25) is 0 Å². The third-order valence-corrected chi connectivity index (χ3v) is 2.31. The van der Waals surface area contributed by atoms with Crippen LogP contribution in [-0.2, 0) is 15.4 Å². The van der Waals surface area contributed by atoms with Crippen LogP contribution in [0, 0.1) is 0 Å². The Bertz CT molecular complexity index is 333. The molecule has 0 radical (unpaired) electrons. The summed E-state index contributed by atoms with van der Waals surface area (Å²) >= 11 is 1.14. The quantitative estimate of drug-likeness (QED) is 0.566. The molecule has 0 spiro atoms. The largest absolute Gasteiger partial charge is 0.388 e. The molecule has 0 aliphatic carbocycles. The van der Waals surface area contributed by atoms with Crippen molar-refractivity contribution in [3.05, 3.63) is 48.0 Å². The van der Waals surface area contributed by atoms with Gasteiger partial charge in [-0.3, -0.25) is 0 Å². The van der Waals surface area contributed by atoms with Crippen LogP contribution < -0.4 is 0 Å². The summed E-state index contributed by atoms with van der Waals surface area (Å²) in [5.74, 6) is 0.426. The Morgan fingerprint density at radius 1 is 1.40 bits per heavy atom. The van der Waals surface area contributed by atoms with Crippen LogP contribution in [0.2, 0.25) is 0 Å². The Labute approximate surface area is 94.5 Å². The molecule has 0 heterocycles. The number of benzene rings is 1. The fraction of sp³-hybridized carbons (Fsp3) is 0.250. The normalized spacial score (nSPS) is 9.67. The van der Waals surface area contributed by atoms with Gasteiger partial charge in [0, 0.05) is 17.7 Å². The van der Waals surface area contributed by atoms with E-state index in [0.29, 0.717) is 12.0 Å². The summed E-state index contributed by atoms with van der Waals surface area (Å²) < 4.78 is 4.90. The third kappa shape index (κ3) is 4.21. The van der Waals surface area contributed by atoms with Gasteiger partial charge in [0.15, 0.2) is 0 Å². The maximum absolute atomic E-state index is 11.4. The van der Waals surface area contributed by atoms with Crippen molar-refractivity contribution >= 4 is 18.0 Å². The number of rotatable bonds is 5. The first-order valence-electron chi connectivity index (χ1n) is 4.79. The Kier molecular flexibility index (Phi) is 4.98. The van der Waals surface area contributed by atoms with E-state index in [1.165, 1.54) is 0 Å². The van der Waals surface area contributed by atoms with Crippen molar-refractivity contribution in [2.24, 2.45) is 0 Å². The van der Waals surface area contributed by atoms with Gasteiger partial charge in [0.05, 0.1) is 12.0 Å². The second-order valence-corrected chi connectivity index (χ2v) is 4.02. The highest BCUT2D eigenvalue weighted by Gasteiger charge is 2.09. The minimum Gasteiger partial charge on any atom is -0.388 e. The van der Waals surface area contributed by atoms with E-state index in [9.17, 15) is 4.79 Å². The molecule has 80 valence electrons. The predicted octanol–water partition coefficient (Wildman–Crippen LogP) is 3.00. The van der Waals surface area contributed by atoms with E-state index in [1.54, 1.807) is 0 Å². The number of carbonyl (C=O) groups is 1. The van der Waals surface area contributed by atoms with Gasteiger partial charge in [-0.1, -0.05) is 43.8 Å². The number of hydrogen-bond donors (Lipinski definition) is 0. The van der Waals surface area contributed by atoms with Gasteiger partial charge in [-0.25, -0.2) is 4.79 Å². The standard InChI is InChI=1S/C12H14O2S/c1-3-15-14-12(13)10(2)9-11-7-5-4-6-8-11/h4-8H,2-3,9H2,1H3. The lowest BCUT2D eigenvalue weighted by molar-refractivity contribution is -0.128. The zero-order valence-corrected chi connectivity index (χ0v) is 9.55. The van der Waals surface area contributed by atoms with E-state index < -0.39 is 0 Å². The van der Waals surface area contributed by atoms with Crippen LogP contribution in [0.1, 0.15) is 12.5 Å². The minimum atomic E-state index is -0.328. The fourth-order valence-electron chi connectivity index (χ4n) is 1.09. The lowest BCUT2D eigenvalue weighted by Crippen LogP contribution is -2.05. The molecule has 1 aromatic rings. The number of hydrogen-bond acceptors (Lipinski definition) is 3. The van der Waals surface area contributed by atoms with E-state index in [1.807, 2.05) is 37.3 Å². The summed E-state index contributed by atoms with van der Waals surface area (Å²) in [6.45, 7) is 5.64. The zero-order chi connectivity index (χ0) is 11.1. The van der Waals surface area contributed by atoms with Crippen LogP contribution in [0.4, 0.5) is 0 Å².